The van der Waals surface area contributed by atoms with E-state index in [0.717, 1.165) is 19.4 Å². The number of carbonyl (C=O) groups excluding carboxylic acids is 2. The van der Waals surface area contributed by atoms with Gasteiger partial charge in [0.15, 0.2) is 5.52 Å². The van der Waals surface area contributed by atoms with E-state index in [2.05, 4.69) is 19.9 Å². The van der Waals surface area contributed by atoms with Crippen LogP contribution < -0.4 is 16.4 Å². The standard InChI is InChI=1S/C13H28N3O4P/c1-15-6-7-19-8-9-20-10-12(17)16-5-3-2-4-11(14)13(18)21/h11,15H,2-10,14,21H2,1H3,(H,16,17). The number of unbranched alkanes of at least 4 members (excludes halogenated alkanes) is 1. The minimum absolute atomic E-state index is 0.0407. The Labute approximate surface area is 128 Å². The van der Waals surface area contributed by atoms with Crippen LogP contribution in [0.4, 0.5) is 0 Å². The third-order valence-corrected chi connectivity index (χ3v) is 3.16. The van der Waals surface area contributed by atoms with Crippen molar-refractivity contribution >= 4 is 20.7 Å². The van der Waals surface area contributed by atoms with Gasteiger partial charge in [0.05, 0.1) is 25.9 Å². The second-order valence-electron chi connectivity index (χ2n) is 4.62. The van der Waals surface area contributed by atoms with Crippen LogP contribution in [0.15, 0.2) is 0 Å². The van der Waals surface area contributed by atoms with Crippen molar-refractivity contribution < 1.29 is 19.1 Å². The quantitative estimate of drug-likeness (QED) is 0.287. The van der Waals surface area contributed by atoms with Crippen LogP contribution in [0.1, 0.15) is 19.3 Å². The average Bonchev–Trinajstić information content (AvgIpc) is 2.45. The SMILES string of the molecule is CNCCOCCOCC(=O)NCCCCC(N)C(=O)P. The molecule has 0 aromatic rings. The summed E-state index contributed by atoms with van der Waals surface area (Å²) in [5.41, 5.74) is 5.51. The molecule has 0 saturated carbocycles. The van der Waals surface area contributed by atoms with Crippen molar-refractivity contribution in [2.24, 2.45) is 5.73 Å². The van der Waals surface area contributed by atoms with E-state index in [1.165, 1.54) is 0 Å². The van der Waals surface area contributed by atoms with Gasteiger partial charge in [0.1, 0.15) is 6.61 Å². The Morgan fingerprint density at radius 2 is 1.86 bits per heavy atom. The lowest BCUT2D eigenvalue weighted by atomic mass is 10.1. The molecular weight excluding hydrogens is 293 g/mol. The maximum atomic E-state index is 11.4. The fourth-order valence-electron chi connectivity index (χ4n) is 1.47. The van der Waals surface area contributed by atoms with Gasteiger partial charge in [-0.15, -0.1) is 0 Å². The minimum Gasteiger partial charge on any atom is -0.378 e. The van der Waals surface area contributed by atoms with Crippen LogP contribution in [0.25, 0.3) is 0 Å². The molecule has 4 N–H and O–H groups in total. The number of amides is 1. The number of hydrogen-bond donors (Lipinski definition) is 3. The first kappa shape index (κ1) is 20.4. The molecule has 124 valence electrons. The molecule has 0 rings (SSSR count). The molecule has 0 saturated heterocycles. The fraction of sp³-hybridized carbons (Fsp3) is 0.846. The van der Waals surface area contributed by atoms with Gasteiger partial charge in [0, 0.05) is 13.1 Å². The molecule has 0 aliphatic rings. The van der Waals surface area contributed by atoms with Crippen molar-refractivity contribution in [1.82, 2.24) is 10.6 Å². The summed E-state index contributed by atoms with van der Waals surface area (Å²) in [7, 11) is 3.94. The van der Waals surface area contributed by atoms with Crippen molar-refractivity contribution in [3.63, 3.8) is 0 Å². The second-order valence-corrected chi connectivity index (χ2v) is 5.19. The molecular formula is C13H28N3O4P. The van der Waals surface area contributed by atoms with Crippen LogP contribution in [0, 0.1) is 0 Å². The summed E-state index contributed by atoms with van der Waals surface area (Å²) in [4.78, 5) is 22.3. The first-order valence-corrected chi connectivity index (χ1v) is 7.77. The number of ether oxygens (including phenoxy) is 2. The lowest BCUT2D eigenvalue weighted by Gasteiger charge is -2.08. The number of hydrogen-bond acceptors (Lipinski definition) is 6. The molecule has 8 heteroatoms. The highest BCUT2D eigenvalue weighted by Crippen LogP contribution is 2.02. The molecule has 0 aromatic heterocycles. The van der Waals surface area contributed by atoms with E-state index in [0.29, 0.717) is 32.8 Å². The summed E-state index contributed by atoms with van der Waals surface area (Å²) in [6.45, 7) is 2.93. The number of nitrogens with one attached hydrogen (secondary N) is 2. The number of nitrogens with two attached hydrogens (primary N) is 1. The molecule has 0 fully saturated rings. The average molecular weight is 321 g/mol. The smallest absolute Gasteiger partial charge is 0.245 e. The zero-order valence-electron chi connectivity index (χ0n) is 12.7. The lowest BCUT2D eigenvalue weighted by Crippen LogP contribution is -2.30. The Bertz CT molecular complexity index is 293. The molecule has 0 aromatic carbocycles. The van der Waals surface area contributed by atoms with Gasteiger partial charge in [-0.3, -0.25) is 9.59 Å². The highest BCUT2D eigenvalue weighted by Gasteiger charge is 2.07. The molecule has 7 nitrogen and oxygen atoms in total. The van der Waals surface area contributed by atoms with Crippen LogP contribution in [0.5, 0.6) is 0 Å². The molecule has 2 unspecified atom stereocenters. The van der Waals surface area contributed by atoms with Gasteiger partial charge >= 0.3 is 0 Å². The second kappa shape index (κ2) is 14.4. The molecule has 0 spiro atoms. The van der Waals surface area contributed by atoms with Crippen molar-refractivity contribution in [3.8, 4) is 0 Å². The molecule has 0 aliphatic heterocycles. The lowest BCUT2D eigenvalue weighted by molar-refractivity contribution is -0.126. The maximum Gasteiger partial charge on any atom is 0.245 e. The molecule has 2 atom stereocenters. The van der Waals surface area contributed by atoms with E-state index in [1.807, 2.05) is 7.05 Å². The van der Waals surface area contributed by atoms with E-state index in [-0.39, 0.29) is 18.0 Å². The molecule has 0 radical (unpaired) electrons. The highest BCUT2D eigenvalue weighted by molar-refractivity contribution is 7.40. The Hall–Kier alpha value is -0.590. The van der Waals surface area contributed by atoms with Crippen LogP contribution in [0.2, 0.25) is 0 Å². The zero-order valence-corrected chi connectivity index (χ0v) is 13.9. The predicted octanol–water partition coefficient (Wildman–Crippen LogP) is -0.745. The summed E-state index contributed by atoms with van der Waals surface area (Å²) < 4.78 is 10.4. The van der Waals surface area contributed by atoms with E-state index in [1.54, 1.807) is 0 Å². The highest BCUT2D eigenvalue weighted by atomic mass is 31.0. The molecule has 21 heavy (non-hydrogen) atoms. The van der Waals surface area contributed by atoms with E-state index in [9.17, 15) is 9.59 Å². The van der Waals surface area contributed by atoms with Crippen LogP contribution in [-0.4, -0.2) is 64.0 Å². The molecule has 0 heterocycles. The van der Waals surface area contributed by atoms with Crippen LogP contribution in [0.3, 0.4) is 0 Å². The Morgan fingerprint density at radius 3 is 2.52 bits per heavy atom. The largest absolute Gasteiger partial charge is 0.378 e. The van der Waals surface area contributed by atoms with E-state index >= 15 is 0 Å². The number of likely N-dealkylation sites (N-methyl/N-ethyl adjacent to an activating group) is 1. The van der Waals surface area contributed by atoms with Gasteiger partial charge in [-0.2, -0.15) is 0 Å². The Balaban J connectivity index is 3.29. The summed E-state index contributed by atoms with van der Waals surface area (Å²) in [6.07, 6.45) is 2.24. The third kappa shape index (κ3) is 14.1. The maximum absolute atomic E-state index is 11.4. The predicted molar refractivity (Wildman–Crippen MR) is 85.1 cm³/mol. The first-order chi connectivity index (χ1) is 10.1. The molecule has 0 bridgehead atoms. The Morgan fingerprint density at radius 1 is 1.14 bits per heavy atom. The van der Waals surface area contributed by atoms with Crippen LogP contribution >= 0.6 is 9.24 Å². The van der Waals surface area contributed by atoms with Gasteiger partial charge in [0.25, 0.3) is 0 Å². The van der Waals surface area contributed by atoms with E-state index in [4.69, 9.17) is 15.2 Å². The van der Waals surface area contributed by atoms with Gasteiger partial charge in [-0.25, -0.2) is 0 Å². The summed E-state index contributed by atoms with van der Waals surface area (Å²) >= 11 is 0. The Kier molecular flexibility index (Phi) is 13.9. The summed E-state index contributed by atoms with van der Waals surface area (Å²) in [5.74, 6) is -0.142. The van der Waals surface area contributed by atoms with Gasteiger partial charge in [-0.05, 0) is 26.3 Å². The molecule has 1 amide bonds. The van der Waals surface area contributed by atoms with Crippen molar-refractivity contribution in [3.05, 3.63) is 0 Å². The summed E-state index contributed by atoms with van der Waals surface area (Å²) in [6, 6.07) is -0.419. The monoisotopic (exact) mass is 321 g/mol. The zero-order chi connectivity index (χ0) is 15.9. The van der Waals surface area contributed by atoms with E-state index < -0.39 is 6.04 Å². The van der Waals surface area contributed by atoms with Gasteiger partial charge < -0.3 is 25.8 Å². The van der Waals surface area contributed by atoms with Crippen molar-refractivity contribution in [1.29, 1.82) is 0 Å². The molecule has 0 aliphatic carbocycles. The van der Waals surface area contributed by atoms with Crippen molar-refractivity contribution in [2.45, 2.75) is 25.3 Å². The fourth-order valence-corrected chi connectivity index (χ4v) is 1.64. The van der Waals surface area contributed by atoms with Gasteiger partial charge in [-0.1, -0.05) is 9.24 Å². The van der Waals surface area contributed by atoms with Gasteiger partial charge in [0.2, 0.25) is 5.91 Å². The topological polar surface area (TPSA) is 103 Å². The summed E-state index contributed by atoms with van der Waals surface area (Å²) in [5, 5.41) is 5.72. The first-order valence-electron chi connectivity index (χ1n) is 7.19. The van der Waals surface area contributed by atoms with Crippen molar-refractivity contribution in [2.75, 3.05) is 46.6 Å². The van der Waals surface area contributed by atoms with Crippen LogP contribution in [-0.2, 0) is 19.1 Å². The third-order valence-electron chi connectivity index (χ3n) is 2.73. The number of carbonyl (C=O) groups is 2. The minimum atomic E-state index is -0.419. The normalized spacial score (nSPS) is 12.1. The number of rotatable bonds is 14.